The molecule has 1 aromatic carbocycles. The molecule has 1 unspecified atom stereocenters. The summed E-state index contributed by atoms with van der Waals surface area (Å²) in [5, 5.41) is 3.37. The van der Waals surface area contributed by atoms with Crippen molar-refractivity contribution in [3.05, 3.63) is 29.3 Å². The molecule has 0 saturated heterocycles. The van der Waals surface area contributed by atoms with Crippen LogP contribution in [0.4, 0.5) is 8.78 Å². The number of halogens is 2. The second kappa shape index (κ2) is 7.55. The average Bonchev–Trinajstić information content (AvgIpc) is 2.62. The normalized spacial score (nSPS) is 18.5. The summed E-state index contributed by atoms with van der Waals surface area (Å²) in [6, 6.07) is 6.31. The molecule has 0 saturated carbocycles. The zero-order valence-corrected chi connectivity index (χ0v) is 11.7. The molecule has 1 aliphatic heterocycles. The first-order valence-electron chi connectivity index (χ1n) is 7.00. The predicted octanol–water partition coefficient (Wildman–Crippen LogP) is 3.08. The first-order chi connectivity index (χ1) is 9.68. The number of aryl methyl sites for hydroxylation is 1. The molecule has 5 heteroatoms. The SMILES string of the molecule is Cc1cccc2c1OCCCC2NCCOCC(F)F. The molecule has 112 valence electrons. The van der Waals surface area contributed by atoms with Gasteiger partial charge in [-0.2, -0.15) is 0 Å². The van der Waals surface area contributed by atoms with E-state index >= 15 is 0 Å². The van der Waals surface area contributed by atoms with Crippen LogP contribution < -0.4 is 10.1 Å². The van der Waals surface area contributed by atoms with E-state index < -0.39 is 13.0 Å². The summed E-state index contributed by atoms with van der Waals surface area (Å²) in [5.74, 6) is 0.955. The van der Waals surface area contributed by atoms with Gasteiger partial charge in [0.1, 0.15) is 12.4 Å². The van der Waals surface area contributed by atoms with Crippen LogP contribution in [0.25, 0.3) is 0 Å². The number of alkyl halides is 2. The van der Waals surface area contributed by atoms with Gasteiger partial charge in [-0.15, -0.1) is 0 Å². The Bertz CT molecular complexity index is 426. The van der Waals surface area contributed by atoms with Crippen molar-refractivity contribution in [2.75, 3.05) is 26.4 Å². The van der Waals surface area contributed by atoms with Gasteiger partial charge in [0, 0.05) is 18.2 Å². The quantitative estimate of drug-likeness (QED) is 0.815. The summed E-state index contributed by atoms with van der Waals surface area (Å²) < 4.78 is 34.6. The number of hydrogen-bond acceptors (Lipinski definition) is 3. The van der Waals surface area contributed by atoms with E-state index in [1.54, 1.807) is 0 Å². The van der Waals surface area contributed by atoms with E-state index in [4.69, 9.17) is 9.47 Å². The second-order valence-corrected chi connectivity index (χ2v) is 4.96. The first kappa shape index (κ1) is 15.2. The highest BCUT2D eigenvalue weighted by Gasteiger charge is 2.20. The summed E-state index contributed by atoms with van der Waals surface area (Å²) in [6.45, 7) is 3.11. The highest BCUT2D eigenvalue weighted by Crippen LogP contribution is 2.33. The Balaban J connectivity index is 1.90. The molecule has 0 fully saturated rings. The lowest BCUT2D eigenvalue weighted by Gasteiger charge is -2.19. The minimum absolute atomic E-state index is 0.197. The van der Waals surface area contributed by atoms with E-state index in [2.05, 4.69) is 11.4 Å². The zero-order chi connectivity index (χ0) is 14.4. The molecule has 0 amide bonds. The topological polar surface area (TPSA) is 30.5 Å². The first-order valence-corrected chi connectivity index (χ1v) is 7.00. The Morgan fingerprint density at radius 3 is 3.10 bits per heavy atom. The van der Waals surface area contributed by atoms with E-state index in [0.29, 0.717) is 13.2 Å². The predicted molar refractivity (Wildman–Crippen MR) is 73.5 cm³/mol. The molecule has 0 aromatic heterocycles. The highest BCUT2D eigenvalue weighted by atomic mass is 19.3. The third-order valence-electron chi connectivity index (χ3n) is 3.38. The van der Waals surface area contributed by atoms with Crippen LogP contribution in [-0.4, -0.2) is 32.8 Å². The molecule has 0 bridgehead atoms. The maximum absolute atomic E-state index is 12.0. The van der Waals surface area contributed by atoms with E-state index in [1.807, 2.05) is 19.1 Å². The maximum atomic E-state index is 12.0. The third kappa shape index (κ3) is 4.15. The molecule has 1 heterocycles. The van der Waals surface area contributed by atoms with E-state index in [-0.39, 0.29) is 6.04 Å². The molecule has 1 N–H and O–H groups in total. The van der Waals surface area contributed by atoms with Crippen molar-refractivity contribution in [2.24, 2.45) is 0 Å². The van der Waals surface area contributed by atoms with Gasteiger partial charge in [0.25, 0.3) is 6.43 Å². The van der Waals surface area contributed by atoms with Crippen molar-refractivity contribution in [1.29, 1.82) is 0 Å². The van der Waals surface area contributed by atoms with Crippen molar-refractivity contribution in [2.45, 2.75) is 32.2 Å². The molecule has 0 radical (unpaired) electrons. The van der Waals surface area contributed by atoms with Crippen LogP contribution in [0.1, 0.15) is 30.0 Å². The molecular formula is C15H21F2NO2. The van der Waals surface area contributed by atoms with E-state index in [0.717, 1.165) is 36.3 Å². The Morgan fingerprint density at radius 1 is 1.45 bits per heavy atom. The largest absolute Gasteiger partial charge is 0.493 e. The molecule has 0 spiro atoms. The Labute approximate surface area is 118 Å². The van der Waals surface area contributed by atoms with Gasteiger partial charge in [0.05, 0.1) is 13.2 Å². The zero-order valence-electron chi connectivity index (χ0n) is 11.7. The molecule has 1 aromatic rings. The maximum Gasteiger partial charge on any atom is 0.261 e. The number of fused-ring (bicyclic) bond motifs is 1. The molecule has 1 atom stereocenters. The van der Waals surface area contributed by atoms with Gasteiger partial charge >= 0.3 is 0 Å². The summed E-state index contributed by atoms with van der Waals surface area (Å²) in [6.07, 6.45) is -0.445. The van der Waals surface area contributed by atoms with Crippen molar-refractivity contribution in [3.8, 4) is 5.75 Å². The minimum atomic E-state index is -2.40. The van der Waals surface area contributed by atoms with Gasteiger partial charge in [0.15, 0.2) is 0 Å². The van der Waals surface area contributed by atoms with E-state index in [9.17, 15) is 8.78 Å². The Hall–Kier alpha value is -1.20. The van der Waals surface area contributed by atoms with Crippen LogP contribution in [0.3, 0.4) is 0 Å². The number of para-hydroxylation sites is 1. The third-order valence-corrected chi connectivity index (χ3v) is 3.38. The lowest BCUT2D eigenvalue weighted by molar-refractivity contribution is 0.0181. The van der Waals surface area contributed by atoms with Crippen LogP contribution in [0, 0.1) is 6.92 Å². The van der Waals surface area contributed by atoms with Crippen molar-refractivity contribution in [3.63, 3.8) is 0 Å². The highest BCUT2D eigenvalue weighted by molar-refractivity contribution is 5.43. The van der Waals surface area contributed by atoms with Crippen molar-refractivity contribution in [1.82, 2.24) is 5.32 Å². The Kier molecular flexibility index (Phi) is 5.73. The second-order valence-electron chi connectivity index (χ2n) is 4.96. The summed E-state index contributed by atoms with van der Waals surface area (Å²) >= 11 is 0. The summed E-state index contributed by atoms with van der Waals surface area (Å²) in [4.78, 5) is 0. The van der Waals surface area contributed by atoms with Gasteiger partial charge in [0.2, 0.25) is 0 Å². The molecule has 2 rings (SSSR count). The summed E-state index contributed by atoms with van der Waals surface area (Å²) in [5.41, 5.74) is 2.28. The van der Waals surface area contributed by atoms with Crippen LogP contribution in [0.5, 0.6) is 5.75 Å². The lowest BCUT2D eigenvalue weighted by atomic mass is 10.00. The lowest BCUT2D eigenvalue weighted by Crippen LogP contribution is -2.26. The molecule has 20 heavy (non-hydrogen) atoms. The minimum Gasteiger partial charge on any atom is -0.493 e. The van der Waals surface area contributed by atoms with Crippen molar-refractivity contribution >= 4 is 0 Å². The van der Waals surface area contributed by atoms with E-state index in [1.165, 1.54) is 0 Å². The number of hydrogen-bond donors (Lipinski definition) is 1. The molecule has 1 aliphatic rings. The molecule has 0 aliphatic carbocycles. The fraction of sp³-hybridized carbons (Fsp3) is 0.600. The number of nitrogens with one attached hydrogen (secondary N) is 1. The van der Waals surface area contributed by atoms with Gasteiger partial charge in [-0.25, -0.2) is 8.78 Å². The van der Waals surface area contributed by atoms with Crippen LogP contribution in [0.2, 0.25) is 0 Å². The molecular weight excluding hydrogens is 264 g/mol. The fourth-order valence-electron chi connectivity index (χ4n) is 2.45. The summed E-state index contributed by atoms with van der Waals surface area (Å²) in [7, 11) is 0. The fourth-order valence-corrected chi connectivity index (χ4v) is 2.45. The van der Waals surface area contributed by atoms with Crippen LogP contribution in [0.15, 0.2) is 18.2 Å². The van der Waals surface area contributed by atoms with Gasteiger partial charge in [-0.05, 0) is 25.3 Å². The standard InChI is InChI=1S/C15H21F2NO2/c1-11-4-2-5-12-13(6-3-8-20-15(11)12)18-7-9-19-10-14(16)17/h2,4-5,13-14,18H,3,6-10H2,1H3. The molecule has 3 nitrogen and oxygen atoms in total. The van der Waals surface area contributed by atoms with Gasteiger partial charge in [-0.3, -0.25) is 0 Å². The van der Waals surface area contributed by atoms with Crippen molar-refractivity contribution < 1.29 is 18.3 Å². The Morgan fingerprint density at radius 2 is 2.30 bits per heavy atom. The van der Waals surface area contributed by atoms with Crippen LogP contribution >= 0.6 is 0 Å². The number of benzene rings is 1. The smallest absolute Gasteiger partial charge is 0.261 e. The van der Waals surface area contributed by atoms with Gasteiger partial charge in [-0.1, -0.05) is 18.2 Å². The average molecular weight is 285 g/mol. The number of rotatable bonds is 6. The van der Waals surface area contributed by atoms with Crippen LogP contribution in [-0.2, 0) is 4.74 Å². The van der Waals surface area contributed by atoms with Gasteiger partial charge < -0.3 is 14.8 Å². The monoisotopic (exact) mass is 285 g/mol. The number of ether oxygens (including phenoxy) is 2.